The van der Waals surface area contributed by atoms with Crippen molar-refractivity contribution in [1.29, 1.82) is 0 Å². The summed E-state index contributed by atoms with van der Waals surface area (Å²) < 4.78 is 19.7. The maximum absolute atomic E-state index is 13.9. The average molecular weight is 453 g/mol. The maximum Gasteiger partial charge on any atom is 0.247 e. The van der Waals surface area contributed by atoms with Gasteiger partial charge in [0.1, 0.15) is 11.4 Å². The standard InChI is InChI=1S/C25H29FN4O3/c1-25(2,28-23(31)13-19-6-3-4-8-21(19)26)24(32)30-10-11-33-16-17(15-30)12-18-7-5-9-22-20(18)14-27-29-22/h3-9,14,17H,10-13,15-16H2,1-2H3,(H,27,29)(H,28,31)/t17-/m0/s1. The Labute approximate surface area is 192 Å². The summed E-state index contributed by atoms with van der Waals surface area (Å²) in [4.78, 5) is 27.7. The second-order valence-corrected chi connectivity index (χ2v) is 9.09. The number of ether oxygens (including phenoxy) is 1. The van der Waals surface area contributed by atoms with E-state index in [1.54, 1.807) is 36.9 Å². The molecule has 174 valence electrons. The van der Waals surface area contributed by atoms with E-state index in [0.29, 0.717) is 31.9 Å². The molecule has 1 fully saturated rings. The molecule has 1 atom stereocenters. The minimum atomic E-state index is -1.12. The van der Waals surface area contributed by atoms with Gasteiger partial charge in [0, 0.05) is 24.4 Å². The van der Waals surface area contributed by atoms with Crippen molar-refractivity contribution in [3.05, 3.63) is 65.6 Å². The SMILES string of the molecule is CC(C)(NC(=O)Cc1ccccc1F)C(=O)N1CCOC[C@@H](Cc2cccc3[nH]ncc23)C1. The molecule has 0 bridgehead atoms. The van der Waals surface area contributed by atoms with Gasteiger partial charge in [-0.05, 0) is 43.5 Å². The monoisotopic (exact) mass is 452 g/mol. The lowest BCUT2D eigenvalue weighted by Gasteiger charge is -2.33. The van der Waals surface area contributed by atoms with Crippen LogP contribution in [0.4, 0.5) is 4.39 Å². The smallest absolute Gasteiger partial charge is 0.247 e. The van der Waals surface area contributed by atoms with Crippen molar-refractivity contribution in [3.8, 4) is 0 Å². The van der Waals surface area contributed by atoms with Gasteiger partial charge >= 0.3 is 0 Å². The van der Waals surface area contributed by atoms with Crippen LogP contribution in [-0.2, 0) is 27.2 Å². The molecule has 3 aromatic rings. The summed E-state index contributed by atoms with van der Waals surface area (Å²) in [5.74, 6) is -0.895. The molecule has 2 amide bonds. The third-order valence-corrected chi connectivity index (χ3v) is 6.00. The van der Waals surface area contributed by atoms with Crippen LogP contribution in [0, 0.1) is 11.7 Å². The first-order valence-electron chi connectivity index (χ1n) is 11.2. The molecule has 0 saturated carbocycles. The second-order valence-electron chi connectivity index (χ2n) is 9.09. The molecule has 33 heavy (non-hydrogen) atoms. The van der Waals surface area contributed by atoms with Crippen molar-refractivity contribution in [2.24, 2.45) is 5.92 Å². The van der Waals surface area contributed by atoms with E-state index >= 15 is 0 Å². The zero-order valence-electron chi connectivity index (χ0n) is 18.9. The minimum Gasteiger partial charge on any atom is -0.379 e. The van der Waals surface area contributed by atoms with Crippen LogP contribution in [0.5, 0.6) is 0 Å². The lowest BCUT2D eigenvalue weighted by atomic mass is 9.96. The van der Waals surface area contributed by atoms with Crippen LogP contribution in [0.25, 0.3) is 10.9 Å². The normalized spacial score (nSPS) is 17.1. The summed E-state index contributed by atoms with van der Waals surface area (Å²) in [5.41, 5.74) is 1.31. The first kappa shape index (κ1) is 22.9. The van der Waals surface area contributed by atoms with Crippen molar-refractivity contribution in [2.45, 2.75) is 32.2 Å². The summed E-state index contributed by atoms with van der Waals surface area (Å²) in [5, 5.41) is 11.0. The van der Waals surface area contributed by atoms with Gasteiger partial charge in [-0.15, -0.1) is 0 Å². The minimum absolute atomic E-state index is 0.113. The van der Waals surface area contributed by atoms with Gasteiger partial charge in [-0.1, -0.05) is 30.3 Å². The van der Waals surface area contributed by atoms with Crippen LogP contribution in [0.3, 0.4) is 0 Å². The number of H-pyrrole nitrogens is 1. The molecule has 8 heteroatoms. The van der Waals surface area contributed by atoms with Crippen LogP contribution in [0.2, 0.25) is 0 Å². The molecular weight excluding hydrogens is 423 g/mol. The highest BCUT2D eigenvalue weighted by atomic mass is 19.1. The fourth-order valence-corrected chi connectivity index (χ4v) is 4.36. The van der Waals surface area contributed by atoms with Crippen LogP contribution in [-0.4, -0.2) is 58.8 Å². The molecule has 1 saturated heterocycles. The Hall–Kier alpha value is -3.26. The molecular formula is C25H29FN4O3. The largest absolute Gasteiger partial charge is 0.379 e. The zero-order valence-corrected chi connectivity index (χ0v) is 18.9. The molecule has 2 aromatic carbocycles. The third kappa shape index (κ3) is 5.39. The Morgan fingerprint density at radius 3 is 2.82 bits per heavy atom. The quantitative estimate of drug-likeness (QED) is 0.602. The number of carbonyl (C=O) groups is 2. The highest BCUT2D eigenvalue weighted by molar-refractivity contribution is 5.91. The summed E-state index contributed by atoms with van der Waals surface area (Å²) in [6.45, 7) is 5.34. The van der Waals surface area contributed by atoms with Crippen LogP contribution < -0.4 is 5.32 Å². The predicted octanol–water partition coefficient (Wildman–Crippen LogP) is 2.86. The van der Waals surface area contributed by atoms with E-state index in [-0.39, 0.29) is 18.2 Å². The number of nitrogens with one attached hydrogen (secondary N) is 2. The predicted molar refractivity (Wildman–Crippen MR) is 123 cm³/mol. The van der Waals surface area contributed by atoms with E-state index in [4.69, 9.17) is 4.74 Å². The fraction of sp³-hybridized carbons (Fsp3) is 0.400. The number of benzene rings is 2. The van der Waals surface area contributed by atoms with Gasteiger partial charge in [0.15, 0.2) is 0 Å². The summed E-state index contributed by atoms with van der Waals surface area (Å²) >= 11 is 0. The molecule has 4 rings (SSSR count). The fourth-order valence-electron chi connectivity index (χ4n) is 4.36. The highest BCUT2D eigenvalue weighted by Gasteiger charge is 2.35. The first-order valence-corrected chi connectivity index (χ1v) is 11.2. The van der Waals surface area contributed by atoms with Crippen molar-refractivity contribution in [3.63, 3.8) is 0 Å². The number of aromatic nitrogens is 2. The van der Waals surface area contributed by atoms with Crippen LogP contribution in [0.1, 0.15) is 25.0 Å². The van der Waals surface area contributed by atoms with Gasteiger partial charge in [0.2, 0.25) is 11.8 Å². The molecule has 0 unspecified atom stereocenters. The van der Waals surface area contributed by atoms with Crippen LogP contribution in [0.15, 0.2) is 48.7 Å². The third-order valence-electron chi connectivity index (χ3n) is 6.00. The molecule has 1 aromatic heterocycles. The van der Waals surface area contributed by atoms with Gasteiger partial charge < -0.3 is 15.0 Å². The Kier molecular flexibility index (Phi) is 6.74. The lowest BCUT2D eigenvalue weighted by molar-refractivity contribution is -0.140. The van der Waals surface area contributed by atoms with Gasteiger partial charge in [0.25, 0.3) is 0 Å². The number of rotatable bonds is 6. The Morgan fingerprint density at radius 1 is 1.21 bits per heavy atom. The molecule has 7 nitrogen and oxygen atoms in total. The van der Waals surface area contributed by atoms with E-state index in [2.05, 4.69) is 21.6 Å². The maximum atomic E-state index is 13.9. The molecule has 0 radical (unpaired) electrons. The number of fused-ring (bicyclic) bond motifs is 1. The molecule has 0 aliphatic carbocycles. The Bertz CT molecular complexity index is 1140. The molecule has 1 aliphatic heterocycles. The van der Waals surface area contributed by atoms with Crippen molar-refractivity contribution >= 4 is 22.7 Å². The molecule has 2 heterocycles. The number of hydrogen-bond donors (Lipinski definition) is 2. The van der Waals surface area contributed by atoms with Gasteiger partial charge in [0.05, 0.1) is 31.3 Å². The number of aromatic amines is 1. The number of carbonyl (C=O) groups excluding carboxylic acids is 2. The van der Waals surface area contributed by atoms with Gasteiger partial charge in [-0.3, -0.25) is 14.7 Å². The number of amides is 2. The van der Waals surface area contributed by atoms with E-state index in [1.807, 2.05) is 18.3 Å². The molecule has 0 spiro atoms. The van der Waals surface area contributed by atoms with Crippen molar-refractivity contribution < 1.29 is 18.7 Å². The summed E-state index contributed by atoms with van der Waals surface area (Å²) in [6.07, 6.45) is 2.45. The van der Waals surface area contributed by atoms with Gasteiger partial charge in [-0.25, -0.2) is 4.39 Å². The van der Waals surface area contributed by atoms with E-state index in [9.17, 15) is 14.0 Å². The lowest BCUT2D eigenvalue weighted by Crippen LogP contribution is -2.57. The second kappa shape index (κ2) is 9.70. The summed E-state index contributed by atoms with van der Waals surface area (Å²) in [6, 6.07) is 12.2. The van der Waals surface area contributed by atoms with Gasteiger partial charge in [-0.2, -0.15) is 5.10 Å². The molecule has 2 N–H and O–H groups in total. The van der Waals surface area contributed by atoms with Crippen LogP contribution >= 0.6 is 0 Å². The summed E-state index contributed by atoms with van der Waals surface area (Å²) in [7, 11) is 0. The van der Waals surface area contributed by atoms with E-state index in [1.165, 1.54) is 6.07 Å². The van der Waals surface area contributed by atoms with E-state index < -0.39 is 17.3 Å². The van der Waals surface area contributed by atoms with Crippen molar-refractivity contribution in [1.82, 2.24) is 20.4 Å². The topological polar surface area (TPSA) is 87.3 Å². The van der Waals surface area contributed by atoms with Crippen molar-refractivity contribution in [2.75, 3.05) is 26.3 Å². The Balaban J connectivity index is 1.42. The number of hydrogen-bond acceptors (Lipinski definition) is 4. The first-order chi connectivity index (χ1) is 15.8. The highest BCUT2D eigenvalue weighted by Crippen LogP contribution is 2.22. The average Bonchev–Trinajstić information content (AvgIpc) is 3.15. The van der Waals surface area contributed by atoms with E-state index in [0.717, 1.165) is 22.9 Å². The molecule has 1 aliphatic rings. The number of halogens is 1. The number of nitrogens with zero attached hydrogens (tertiary/aromatic N) is 2. The Morgan fingerprint density at radius 2 is 2.00 bits per heavy atom. The zero-order chi connectivity index (χ0) is 23.4.